The Bertz CT molecular complexity index is 593. The number of nitrogens with one attached hydrogen (secondary N) is 1. The van der Waals surface area contributed by atoms with E-state index >= 15 is 0 Å². The highest BCUT2D eigenvalue weighted by atomic mass is 79.9. The number of aryl methyl sites for hydroxylation is 1. The molecule has 1 aliphatic carbocycles. The van der Waals surface area contributed by atoms with E-state index in [2.05, 4.69) is 26.4 Å². The highest BCUT2D eigenvalue weighted by molar-refractivity contribution is 9.10. The van der Waals surface area contributed by atoms with Gasteiger partial charge in [0.2, 0.25) is 0 Å². The molecule has 0 amide bonds. The smallest absolute Gasteiger partial charge is 0.174 e. The van der Waals surface area contributed by atoms with Crippen LogP contribution in [0.25, 0.3) is 0 Å². The Morgan fingerprint density at radius 1 is 1.40 bits per heavy atom. The molecule has 1 N–H and O–H groups in total. The summed E-state index contributed by atoms with van der Waals surface area (Å²) in [7, 11) is 0. The van der Waals surface area contributed by atoms with Crippen molar-refractivity contribution in [3.8, 4) is 5.75 Å². The summed E-state index contributed by atoms with van der Waals surface area (Å²) >= 11 is 3.47. The lowest BCUT2D eigenvalue weighted by molar-refractivity contribution is 0.248. The topological polar surface area (TPSA) is 47.3 Å². The first-order valence-corrected chi connectivity index (χ1v) is 7.57. The molecule has 1 aliphatic rings. The molecule has 0 radical (unpaired) electrons. The number of ether oxygens (including phenoxy) is 1. The van der Waals surface area contributed by atoms with E-state index in [9.17, 15) is 0 Å². The van der Waals surface area contributed by atoms with Crippen LogP contribution >= 0.6 is 15.9 Å². The molecule has 1 aromatic carbocycles. The van der Waals surface area contributed by atoms with E-state index < -0.39 is 0 Å². The van der Waals surface area contributed by atoms with Gasteiger partial charge in [0.1, 0.15) is 12.4 Å². The Kier molecular flexibility index (Phi) is 4.08. The Hall–Kier alpha value is -1.33. The molecular formula is C15H17BrN2O2. The second-order valence-corrected chi connectivity index (χ2v) is 5.99. The summed E-state index contributed by atoms with van der Waals surface area (Å²) in [4.78, 5) is 0. The van der Waals surface area contributed by atoms with Crippen LogP contribution in [0.3, 0.4) is 0 Å². The maximum Gasteiger partial charge on any atom is 0.174 e. The average molecular weight is 337 g/mol. The Labute approximate surface area is 126 Å². The van der Waals surface area contributed by atoms with Crippen LogP contribution in [0.15, 0.2) is 33.3 Å². The van der Waals surface area contributed by atoms with E-state index in [4.69, 9.17) is 9.26 Å². The molecule has 20 heavy (non-hydrogen) atoms. The molecule has 1 fully saturated rings. The quantitative estimate of drug-likeness (QED) is 0.875. The first-order chi connectivity index (χ1) is 9.70. The molecule has 0 spiro atoms. The van der Waals surface area contributed by atoms with E-state index in [0.717, 1.165) is 33.8 Å². The van der Waals surface area contributed by atoms with Crippen LogP contribution in [0.5, 0.6) is 5.75 Å². The van der Waals surface area contributed by atoms with Crippen LogP contribution < -0.4 is 10.1 Å². The van der Waals surface area contributed by atoms with Gasteiger partial charge in [-0.05, 0) is 43.5 Å². The largest absolute Gasteiger partial charge is 0.486 e. The van der Waals surface area contributed by atoms with Gasteiger partial charge in [0.25, 0.3) is 0 Å². The average Bonchev–Trinajstić information content (AvgIpc) is 3.16. The van der Waals surface area contributed by atoms with E-state index in [1.165, 1.54) is 12.8 Å². The summed E-state index contributed by atoms with van der Waals surface area (Å²) in [5, 5.41) is 7.44. The van der Waals surface area contributed by atoms with Crippen molar-refractivity contribution >= 4 is 15.9 Å². The zero-order valence-corrected chi connectivity index (χ0v) is 12.9. The molecule has 0 aliphatic heterocycles. The standard InChI is InChI=1S/C15H17BrN2O2/c1-10-6-13(4-5-15(10)16)19-9-14-7-12(18-20-14)8-17-11-2-3-11/h4-7,11,17H,2-3,8-9H2,1H3. The van der Waals surface area contributed by atoms with Crippen molar-refractivity contribution < 1.29 is 9.26 Å². The summed E-state index contributed by atoms with van der Waals surface area (Å²) in [6.45, 7) is 3.20. The molecule has 0 atom stereocenters. The third-order valence-electron chi connectivity index (χ3n) is 3.27. The molecular weight excluding hydrogens is 320 g/mol. The summed E-state index contributed by atoms with van der Waals surface area (Å²) < 4.78 is 12.1. The van der Waals surface area contributed by atoms with Gasteiger partial charge in [0.05, 0.1) is 5.69 Å². The molecule has 0 saturated heterocycles. The SMILES string of the molecule is Cc1cc(OCc2cc(CNC3CC3)no2)ccc1Br. The molecule has 1 heterocycles. The summed E-state index contributed by atoms with van der Waals surface area (Å²) in [6.07, 6.45) is 2.55. The van der Waals surface area contributed by atoms with Crippen LogP contribution in [0.1, 0.15) is 29.9 Å². The zero-order valence-electron chi connectivity index (χ0n) is 11.4. The van der Waals surface area contributed by atoms with E-state index in [-0.39, 0.29) is 0 Å². The van der Waals surface area contributed by atoms with Crippen molar-refractivity contribution in [3.63, 3.8) is 0 Å². The predicted molar refractivity (Wildman–Crippen MR) is 79.6 cm³/mol. The number of halogens is 1. The first-order valence-electron chi connectivity index (χ1n) is 6.77. The maximum absolute atomic E-state index is 5.70. The van der Waals surface area contributed by atoms with Crippen molar-refractivity contribution in [2.75, 3.05) is 0 Å². The Balaban J connectivity index is 1.53. The maximum atomic E-state index is 5.70. The number of nitrogens with zero attached hydrogens (tertiary/aromatic N) is 1. The monoisotopic (exact) mass is 336 g/mol. The molecule has 0 bridgehead atoms. The van der Waals surface area contributed by atoms with Gasteiger partial charge in [-0.3, -0.25) is 0 Å². The van der Waals surface area contributed by atoms with Crippen molar-refractivity contribution in [1.82, 2.24) is 10.5 Å². The lowest BCUT2D eigenvalue weighted by Crippen LogP contribution is -2.15. The van der Waals surface area contributed by atoms with E-state index in [1.54, 1.807) is 0 Å². The lowest BCUT2D eigenvalue weighted by Gasteiger charge is -2.05. The molecule has 2 aromatic rings. The number of hydrogen-bond acceptors (Lipinski definition) is 4. The number of benzene rings is 1. The highest BCUT2D eigenvalue weighted by Crippen LogP contribution is 2.22. The molecule has 4 nitrogen and oxygen atoms in total. The van der Waals surface area contributed by atoms with Crippen LogP contribution in [0.4, 0.5) is 0 Å². The van der Waals surface area contributed by atoms with Crippen molar-refractivity contribution in [3.05, 3.63) is 45.8 Å². The van der Waals surface area contributed by atoms with Crippen LogP contribution in [-0.4, -0.2) is 11.2 Å². The third-order valence-corrected chi connectivity index (χ3v) is 4.16. The first kappa shape index (κ1) is 13.6. The molecule has 1 aromatic heterocycles. The molecule has 106 valence electrons. The zero-order chi connectivity index (χ0) is 13.9. The molecule has 3 rings (SSSR count). The number of aromatic nitrogens is 1. The van der Waals surface area contributed by atoms with Crippen LogP contribution in [0, 0.1) is 6.92 Å². The van der Waals surface area contributed by atoms with E-state index in [0.29, 0.717) is 12.6 Å². The minimum absolute atomic E-state index is 0.400. The van der Waals surface area contributed by atoms with Gasteiger partial charge < -0.3 is 14.6 Å². The normalized spacial score (nSPS) is 14.5. The fraction of sp³-hybridized carbons (Fsp3) is 0.400. The molecule has 1 saturated carbocycles. The van der Waals surface area contributed by atoms with Crippen LogP contribution in [-0.2, 0) is 13.2 Å². The highest BCUT2D eigenvalue weighted by Gasteiger charge is 2.20. The summed E-state index contributed by atoms with van der Waals surface area (Å²) in [6, 6.07) is 8.54. The second kappa shape index (κ2) is 5.97. The Morgan fingerprint density at radius 2 is 2.25 bits per heavy atom. The van der Waals surface area contributed by atoms with Crippen molar-refractivity contribution in [1.29, 1.82) is 0 Å². The van der Waals surface area contributed by atoms with Crippen molar-refractivity contribution in [2.24, 2.45) is 0 Å². The van der Waals surface area contributed by atoms with Gasteiger partial charge >= 0.3 is 0 Å². The van der Waals surface area contributed by atoms with Gasteiger partial charge in [-0.1, -0.05) is 21.1 Å². The third kappa shape index (κ3) is 3.61. The van der Waals surface area contributed by atoms with Gasteiger partial charge in [0, 0.05) is 23.1 Å². The minimum atomic E-state index is 0.400. The second-order valence-electron chi connectivity index (χ2n) is 5.14. The Morgan fingerprint density at radius 3 is 3.00 bits per heavy atom. The van der Waals surface area contributed by atoms with Crippen molar-refractivity contribution in [2.45, 2.75) is 39.0 Å². The molecule has 5 heteroatoms. The van der Waals surface area contributed by atoms with Gasteiger partial charge in [-0.25, -0.2) is 0 Å². The summed E-state index contributed by atoms with van der Waals surface area (Å²) in [5.74, 6) is 1.58. The fourth-order valence-electron chi connectivity index (χ4n) is 1.90. The van der Waals surface area contributed by atoms with Gasteiger partial charge in [0.15, 0.2) is 5.76 Å². The summed E-state index contributed by atoms with van der Waals surface area (Å²) in [5.41, 5.74) is 2.08. The minimum Gasteiger partial charge on any atom is -0.486 e. The van der Waals surface area contributed by atoms with Gasteiger partial charge in [-0.15, -0.1) is 0 Å². The van der Waals surface area contributed by atoms with Gasteiger partial charge in [-0.2, -0.15) is 0 Å². The fourth-order valence-corrected chi connectivity index (χ4v) is 2.15. The van der Waals surface area contributed by atoms with E-state index in [1.807, 2.05) is 31.2 Å². The molecule has 0 unspecified atom stereocenters. The van der Waals surface area contributed by atoms with Crippen LogP contribution in [0.2, 0.25) is 0 Å². The lowest BCUT2D eigenvalue weighted by atomic mass is 10.2. The predicted octanol–water partition coefficient (Wildman–Crippen LogP) is 3.58. The number of rotatable bonds is 6. The number of hydrogen-bond donors (Lipinski definition) is 1.